The largest absolute Gasteiger partial charge is 0.355 e. The summed E-state index contributed by atoms with van der Waals surface area (Å²) in [6.45, 7) is 2.50. The second kappa shape index (κ2) is 6.52. The summed E-state index contributed by atoms with van der Waals surface area (Å²) in [5, 5.41) is 3.23. The molecule has 0 spiro atoms. The number of nitrogens with zero attached hydrogens (tertiary/aromatic N) is 2. The minimum Gasteiger partial charge on any atom is -0.355 e. The number of nitrogens with one attached hydrogen (secondary N) is 1. The van der Waals surface area contributed by atoms with Crippen molar-refractivity contribution in [2.75, 3.05) is 6.54 Å². The van der Waals surface area contributed by atoms with Gasteiger partial charge in [0.05, 0.1) is 16.8 Å². The number of benzene rings is 1. The lowest BCUT2D eigenvalue weighted by atomic mass is 10.2. The van der Waals surface area contributed by atoms with E-state index in [2.05, 4.69) is 10.3 Å². The number of hydrogen-bond acceptors (Lipinski definition) is 3. The van der Waals surface area contributed by atoms with Gasteiger partial charge in [-0.25, -0.2) is 4.98 Å². The van der Waals surface area contributed by atoms with Gasteiger partial charge in [0.2, 0.25) is 5.91 Å². The van der Waals surface area contributed by atoms with Crippen LogP contribution in [0.4, 0.5) is 0 Å². The molecule has 6 heteroatoms. The first-order valence-electron chi connectivity index (χ1n) is 6.48. The van der Waals surface area contributed by atoms with E-state index < -0.39 is 0 Å². The van der Waals surface area contributed by atoms with Gasteiger partial charge < -0.3 is 5.32 Å². The molecule has 0 aliphatic rings. The summed E-state index contributed by atoms with van der Waals surface area (Å²) < 4.78 is 1.33. The number of hydrogen-bond donors (Lipinski definition) is 1. The lowest BCUT2D eigenvalue weighted by Gasteiger charge is -2.11. The highest BCUT2D eigenvalue weighted by atomic mass is 35.5. The van der Waals surface area contributed by atoms with Crippen molar-refractivity contribution in [2.24, 2.45) is 0 Å². The summed E-state index contributed by atoms with van der Waals surface area (Å²) >= 11 is 5.84. The maximum absolute atomic E-state index is 12.4. The summed E-state index contributed by atoms with van der Waals surface area (Å²) in [5.74, 6) is 0.278. The molecule has 1 heterocycles. The number of carbonyl (C=O) groups excluding carboxylic acids is 1. The van der Waals surface area contributed by atoms with Gasteiger partial charge in [-0.3, -0.25) is 14.2 Å². The Morgan fingerprint density at radius 3 is 2.85 bits per heavy atom. The van der Waals surface area contributed by atoms with E-state index in [1.165, 1.54) is 4.57 Å². The summed E-state index contributed by atoms with van der Waals surface area (Å²) in [6, 6.07) is 7.04. The standard InChI is InChI=1S/C14H16ClN3O2/c1-2-7-16-13(19)9-18-12(8-15)17-11-6-4-3-5-10(11)14(18)20/h3-6H,2,7-9H2,1H3,(H,16,19). The minimum absolute atomic E-state index is 0.0568. The molecule has 106 valence electrons. The van der Waals surface area contributed by atoms with E-state index in [0.29, 0.717) is 23.3 Å². The Morgan fingerprint density at radius 1 is 1.40 bits per heavy atom. The normalized spacial score (nSPS) is 10.7. The lowest BCUT2D eigenvalue weighted by molar-refractivity contribution is -0.121. The van der Waals surface area contributed by atoms with Gasteiger partial charge in [-0.05, 0) is 18.6 Å². The van der Waals surface area contributed by atoms with Crippen molar-refractivity contribution in [3.05, 3.63) is 40.4 Å². The molecule has 0 aliphatic carbocycles. The molecular weight excluding hydrogens is 278 g/mol. The van der Waals surface area contributed by atoms with Crippen LogP contribution in [0.15, 0.2) is 29.1 Å². The zero-order chi connectivity index (χ0) is 14.5. The van der Waals surface area contributed by atoms with Crippen LogP contribution in [0.25, 0.3) is 10.9 Å². The topological polar surface area (TPSA) is 64.0 Å². The monoisotopic (exact) mass is 293 g/mol. The van der Waals surface area contributed by atoms with Crippen LogP contribution in [0.3, 0.4) is 0 Å². The van der Waals surface area contributed by atoms with Gasteiger partial charge in [0, 0.05) is 6.54 Å². The lowest BCUT2D eigenvalue weighted by Crippen LogP contribution is -2.34. The highest BCUT2D eigenvalue weighted by Gasteiger charge is 2.12. The molecule has 0 bridgehead atoms. The number of carbonyl (C=O) groups is 1. The number of fused-ring (bicyclic) bond motifs is 1. The van der Waals surface area contributed by atoms with Crippen LogP contribution in [0.1, 0.15) is 19.2 Å². The Morgan fingerprint density at radius 2 is 2.15 bits per heavy atom. The Hall–Kier alpha value is -1.88. The van der Waals surface area contributed by atoms with Gasteiger partial charge >= 0.3 is 0 Å². The Balaban J connectivity index is 2.43. The van der Waals surface area contributed by atoms with Crippen LogP contribution in [0.5, 0.6) is 0 Å². The van der Waals surface area contributed by atoms with Crippen LogP contribution >= 0.6 is 11.6 Å². The average molecular weight is 294 g/mol. The van der Waals surface area contributed by atoms with E-state index in [-0.39, 0.29) is 23.9 Å². The highest BCUT2D eigenvalue weighted by Crippen LogP contribution is 2.09. The smallest absolute Gasteiger partial charge is 0.261 e. The molecule has 0 saturated carbocycles. The highest BCUT2D eigenvalue weighted by molar-refractivity contribution is 6.16. The fourth-order valence-corrected chi connectivity index (χ4v) is 2.15. The van der Waals surface area contributed by atoms with Crippen LogP contribution < -0.4 is 10.9 Å². The van der Waals surface area contributed by atoms with Gasteiger partial charge in [-0.2, -0.15) is 0 Å². The second-order valence-corrected chi connectivity index (χ2v) is 4.69. The molecule has 0 atom stereocenters. The number of para-hydroxylation sites is 1. The zero-order valence-electron chi connectivity index (χ0n) is 11.2. The third kappa shape index (κ3) is 2.99. The number of aromatic nitrogens is 2. The van der Waals surface area contributed by atoms with Crippen molar-refractivity contribution in [2.45, 2.75) is 25.8 Å². The van der Waals surface area contributed by atoms with E-state index in [9.17, 15) is 9.59 Å². The van der Waals surface area contributed by atoms with Gasteiger partial charge in [0.25, 0.3) is 5.56 Å². The van der Waals surface area contributed by atoms with E-state index >= 15 is 0 Å². The van der Waals surface area contributed by atoms with Crippen molar-refractivity contribution in [1.82, 2.24) is 14.9 Å². The quantitative estimate of drug-likeness (QED) is 0.853. The summed E-state index contributed by atoms with van der Waals surface area (Å²) in [6.07, 6.45) is 0.846. The van der Waals surface area contributed by atoms with Gasteiger partial charge in [-0.1, -0.05) is 19.1 Å². The Labute approximate surface area is 121 Å². The average Bonchev–Trinajstić information content (AvgIpc) is 2.47. The second-order valence-electron chi connectivity index (χ2n) is 4.42. The molecule has 2 aromatic rings. The first-order valence-corrected chi connectivity index (χ1v) is 7.02. The third-order valence-corrected chi connectivity index (χ3v) is 3.17. The number of amides is 1. The molecule has 20 heavy (non-hydrogen) atoms. The van der Waals surface area contributed by atoms with Crippen molar-refractivity contribution in [1.29, 1.82) is 0 Å². The fraction of sp³-hybridized carbons (Fsp3) is 0.357. The van der Waals surface area contributed by atoms with Crippen molar-refractivity contribution >= 4 is 28.4 Å². The maximum atomic E-state index is 12.4. The molecule has 0 unspecified atom stereocenters. The van der Waals surface area contributed by atoms with Crippen LogP contribution in [0, 0.1) is 0 Å². The predicted molar refractivity (Wildman–Crippen MR) is 78.9 cm³/mol. The van der Waals surface area contributed by atoms with Crippen LogP contribution in [-0.2, 0) is 17.2 Å². The Kier molecular flexibility index (Phi) is 4.74. The molecule has 1 aromatic carbocycles. The molecule has 0 aliphatic heterocycles. The number of halogens is 1. The first-order chi connectivity index (χ1) is 9.67. The van der Waals surface area contributed by atoms with E-state index in [0.717, 1.165) is 6.42 Å². The molecule has 0 saturated heterocycles. The third-order valence-electron chi connectivity index (χ3n) is 2.93. The summed E-state index contributed by atoms with van der Waals surface area (Å²) in [4.78, 5) is 28.5. The molecular formula is C14H16ClN3O2. The maximum Gasteiger partial charge on any atom is 0.261 e. The van der Waals surface area contributed by atoms with Crippen molar-refractivity contribution in [3.63, 3.8) is 0 Å². The molecule has 5 nitrogen and oxygen atoms in total. The molecule has 0 radical (unpaired) electrons. The molecule has 2 rings (SSSR count). The van der Waals surface area contributed by atoms with E-state index in [4.69, 9.17) is 11.6 Å². The fourth-order valence-electron chi connectivity index (χ4n) is 1.94. The molecule has 1 N–H and O–H groups in total. The van der Waals surface area contributed by atoms with Gasteiger partial charge in [0.15, 0.2) is 0 Å². The van der Waals surface area contributed by atoms with E-state index in [1.54, 1.807) is 18.2 Å². The predicted octanol–water partition coefficient (Wildman–Crippen LogP) is 1.66. The minimum atomic E-state index is -0.238. The number of rotatable bonds is 5. The van der Waals surface area contributed by atoms with Crippen LogP contribution in [0.2, 0.25) is 0 Å². The summed E-state index contributed by atoms with van der Waals surface area (Å²) in [7, 11) is 0. The van der Waals surface area contributed by atoms with Gasteiger partial charge in [-0.15, -0.1) is 11.6 Å². The van der Waals surface area contributed by atoms with Crippen LogP contribution in [-0.4, -0.2) is 22.0 Å². The van der Waals surface area contributed by atoms with Crippen molar-refractivity contribution in [3.8, 4) is 0 Å². The SMILES string of the molecule is CCCNC(=O)Cn1c(CCl)nc2ccccc2c1=O. The first kappa shape index (κ1) is 14.5. The summed E-state index contributed by atoms with van der Waals surface area (Å²) in [5.41, 5.74) is 0.358. The van der Waals surface area contributed by atoms with Crippen molar-refractivity contribution < 1.29 is 4.79 Å². The Bertz CT molecular complexity index is 682. The number of alkyl halides is 1. The molecule has 0 fully saturated rings. The zero-order valence-corrected chi connectivity index (χ0v) is 12.0. The molecule has 1 amide bonds. The van der Waals surface area contributed by atoms with E-state index in [1.807, 2.05) is 13.0 Å². The van der Waals surface area contributed by atoms with Gasteiger partial charge in [0.1, 0.15) is 12.4 Å². The molecule has 1 aromatic heterocycles.